The molecule has 1 atom stereocenters. The highest BCUT2D eigenvalue weighted by molar-refractivity contribution is 5.19. The van der Waals surface area contributed by atoms with Crippen LogP contribution in [-0.2, 0) is 12.0 Å². The predicted octanol–water partition coefficient (Wildman–Crippen LogP) is 1.67. The van der Waals surface area contributed by atoms with Crippen molar-refractivity contribution in [2.24, 2.45) is 5.73 Å². The summed E-state index contributed by atoms with van der Waals surface area (Å²) in [4.78, 5) is 4.51. The van der Waals surface area contributed by atoms with E-state index in [0.29, 0.717) is 24.0 Å². The zero-order valence-electron chi connectivity index (χ0n) is 13.8. The van der Waals surface area contributed by atoms with Crippen molar-refractivity contribution in [1.82, 2.24) is 30.3 Å². The van der Waals surface area contributed by atoms with Crippen molar-refractivity contribution in [2.45, 2.75) is 44.2 Å². The molecule has 2 aromatic heterocycles. The third-order valence-corrected chi connectivity index (χ3v) is 4.69. The van der Waals surface area contributed by atoms with E-state index in [-0.39, 0.29) is 5.82 Å². The van der Waals surface area contributed by atoms with Gasteiger partial charge in [0.1, 0.15) is 17.7 Å². The minimum Gasteiger partial charge on any atom is -0.337 e. The lowest BCUT2D eigenvalue weighted by atomic mass is 9.77. The number of rotatable bonds is 5. The monoisotopic (exact) mass is 343 g/mol. The smallest absolute Gasteiger partial charge is 0.252 e. The number of hydrogen-bond acceptors (Lipinski definition) is 7. The van der Waals surface area contributed by atoms with Gasteiger partial charge < -0.3 is 10.3 Å². The first kappa shape index (κ1) is 15.8. The van der Waals surface area contributed by atoms with Crippen molar-refractivity contribution in [3.8, 4) is 0 Å². The maximum Gasteiger partial charge on any atom is 0.252 e. The van der Waals surface area contributed by atoms with Crippen molar-refractivity contribution in [2.75, 3.05) is 0 Å². The van der Waals surface area contributed by atoms with Crippen LogP contribution in [0.15, 0.2) is 28.8 Å². The van der Waals surface area contributed by atoms with Crippen LogP contribution in [0.3, 0.4) is 0 Å². The Balaban J connectivity index is 1.69. The second-order valence-electron chi connectivity index (χ2n) is 6.49. The average molecular weight is 343 g/mol. The third-order valence-electron chi connectivity index (χ3n) is 4.69. The molecule has 0 radical (unpaired) electrons. The summed E-state index contributed by atoms with van der Waals surface area (Å²) in [7, 11) is 0. The topological polar surface area (TPSA) is 109 Å². The Morgan fingerprint density at radius 2 is 2.24 bits per heavy atom. The molecule has 8 nitrogen and oxygen atoms in total. The number of halogens is 1. The summed E-state index contributed by atoms with van der Waals surface area (Å²) >= 11 is 0. The van der Waals surface area contributed by atoms with Gasteiger partial charge in [0.25, 0.3) is 5.89 Å². The fourth-order valence-electron chi connectivity index (χ4n) is 3.05. The first-order valence-electron chi connectivity index (χ1n) is 8.17. The number of nitrogens with zero attached hydrogens (tertiary/aromatic N) is 6. The summed E-state index contributed by atoms with van der Waals surface area (Å²) in [6.45, 7) is 1.78. The summed E-state index contributed by atoms with van der Waals surface area (Å²) < 4.78 is 20.6. The zero-order valence-corrected chi connectivity index (χ0v) is 13.8. The highest BCUT2D eigenvalue weighted by Gasteiger charge is 2.40. The van der Waals surface area contributed by atoms with Gasteiger partial charge >= 0.3 is 0 Å². The molecular weight excluding hydrogens is 325 g/mol. The number of nitrogens with two attached hydrogens (primary N) is 1. The summed E-state index contributed by atoms with van der Waals surface area (Å²) in [5.41, 5.74) is 6.55. The number of tetrazole rings is 1. The largest absolute Gasteiger partial charge is 0.337 e. The molecule has 0 bridgehead atoms. The highest BCUT2D eigenvalue weighted by atomic mass is 19.1. The molecule has 2 N–H and O–H groups in total. The number of benzene rings is 1. The van der Waals surface area contributed by atoms with E-state index < -0.39 is 11.6 Å². The van der Waals surface area contributed by atoms with Crippen LogP contribution in [0.1, 0.15) is 48.4 Å². The second kappa shape index (κ2) is 5.99. The average Bonchev–Trinajstić information content (AvgIpc) is 3.20. The summed E-state index contributed by atoms with van der Waals surface area (Å²) in [5.74, 6) is 1.17. The molecule has 1 saturated carbocycles. The SMILES string of the molecule is Cc1nnnn1C(Cc1cccc(F)c1)c1nc(C2(N)CCC2)no1. The second-order valence-corrected chi connectivity index (χ2v) is 6.49. The molecule has 1 aliphatic carbocycles. The molecule has 25 heavy (non-hydrogen) atoms. The van der Waals surface area contributed by atoms with Crippen molar-refractivity contribution < 1.29 is 8.91 Å². The Labute approximate surface area is 143 Å². The third kappa shape index (κ3) is 2.91. The number of aryl methyl sites for hydroxylation is 1. The van der Waals surface area contributed by atoms with E-state index in [1.165, 1.54) is 12.1 Å². The quantitative estimate of drug-likeness (QED) is 0.750. The Hall–Kier alpha value is -2.68. The minimum atomic E-state index is -0.513. The van der Waals surface area contributed by atoms with Crippen LogP contribution in [0.5, 0.6) is 0 Å². The van der Waals surface area contributed by atoms with Gasteiger partial charge in [0, 0.05) is 6.42 Å². The lowest BCUT2D eigenvalue weighted by Crippen LogP contribution is -2.44. The standard InChI is InChI=1S/C16H18FN7O/c1-10-20-22-23-24(10)13(9-11-4-2-5-12(17)8-11)14-19-15(21-25-14)16(18)6-3-7-16/h2,4-5,8,13H,3,6-7,9,18H2,1H3. The van der Waals surface area contributed by atoms with Crippen molar-refractivity contribution >= 4 is 0 Å². The van der Waals surface area contributed by atoms with E-state index >= 15 is 0 Å². The van der Waals surface area contributed by atoms with Crippen LogP contribution in [0.2, 0.25) is 0 Å². The van der Waals surface area contributed by atoms with Gasteiger partial charge in [0.05, 0.1) is 5.54 Å². The van der Waals surface area contributed by atoms with Crippen molar-refractivity contribution in [3.63, 3.8) is 0 Å². The van der Waals surface area contributed by atoms with Crippen LogP contribution in [0, 0.1) is 12.7 Å². The van der Waals surface area contributed by atoms with Gasteiger partial charge in [-0.25, -0.2) is 9.07 Å². The number of hydrogen-bond donors (Lipinski definition) is 1. The molecule has 4 rings (SSSR count). The van der Waals surface area contributed by atoms with Crippen molar-refractivity contribution in [1.29, 1.82) is 0 Å². The number of aromatic nitrogens is 6. The molecule has 1 unspecified atom stereocenters. The van der Waals surface area contributed by atoms with E-state index in [0.717, 1.165) is 24.8 Å². The molecule has 0 amide bonds. The van der Waals surface area contributed by atoms with E-state index in [1.807, 2.05) is 6.07 Å². The van der Waals surface area contributed by atoms with Crippen LogP contribution in [0.25, 0.3) is 0 Å². The molecular formula is C16H18FN7O. The first-order chi connectivity index (χ1) is 12.0. The molecule has 1 fully saturated rings. The Morgan fingerprint density at radius 1 is 1.40 bits per heavy atom. The summed E-state index contributed by atoms with van der Waals surface area (Å²) in [6, 6.07) is 5.95. The summed E-state index contributed by atoms with van der Waals surface area (Å²) in [6.07, 6.45) is 3.15. The van der Waals surface area contributed by atoms with Gasteiger partial charge in [-0.05, 0) is 54.3 Å². The lowest BCUT2D eigenvalue weighted by Gasteiger charge is -2.34. The van der Waals surface area contributed by atoms with E-state index in [2.05, 4.69) is 25.7 Å². The summed E-state index contributed by atoms with van der Waals surface area (Å²) in [5, 5.41) is 15.7. The molecule has 1 aromatic carbocycles. The molecule has 0 aliphatic heterocycles. The first-order valence-corrected chi connectivity index (χ1v) is 8.17. The van der Waals surface area contributed by atoms with Gasteiger partial charge in [-0.15, -0.1) is 5.10 Å². The van der Waals surface area contributed by atoms with Crippen LogP contribution in [-0.4, -0.2) is 30.3 Å². The molecule has 3 aromatic rings. The van der Waals surface area contributed by atoms with Gasteiger partial charge in [0.15, 0.2) is 5.82 Å². The molecule has 1 aliphatic rings. The predicted molar refractivity (Wildman–Crippen MR) is 84.8 cm³/mol. The minimum absolute atomic E-state index is 0.300. The molecule has 2 heterocycles. The molecule has 0 spiro atoms. The van der Waals surface area contributed by atoms with Gasteiger partial charge in [-0.3, -0.25) is 0 Å². The lowest BCUT2D eigenvalue weighted by molar-refractivity contribution is 0.228. The zero-order chi connectivity index (χ0) is 17.4. The van der Waals surface area contributed by atoms with E-state index in [4.69, 9.17) is 10.3 Å². The highest BCUT2D eigenvalue weighted by Crippen LogP contribution is 2.37. The Bertz CT molecular complexity index is 886. The normalized spacial score (nSPS) is 17.2. The molecule has 9 heteroatoms. The van der Waals surface area contributed by atoms with Crippen molar-refractivity contribution in [3.05, 3.63) is 53.2 Å². The van der Waals surface area contributed by atoms with Crippen LogP contribution < -0.4 is 5.73 Å². The Kier molecular flexibility index (Phi) is 3.79. The van der Waals surface area contributed by atoms with Gasteiger partial charge in [-0.2, -0.15) is 4.98 Å². The molecule has 0 saturated heterocycles. The maximum absolute atomic E-state index is 13.5. The fraction of sp³-hybridized carbons (Fsp3) is 0.438. The van der Waals surface area contributed by atoms with Crippen LogP contribution in [0.4, 0.5) is 4.39 Å². The van der Waals surface area contributed by atoms with Gasteiger partial charge in [0.2, 0.25) is 0 Å². The fourth-order valence-corrected chi connectivity index (χ4v) is 3.05. The molecule has 130 valence electrons. The van der Waals surface area contributed by atoms with Gasteiger partial charge in [-0.1, -0.05) is 17.3 Å². The van der Waals surface area contributed by atoms with E-state index in [9.17, 15) is 4.39 Å². The maximum atomic E-state index is 13.5. The van der Waals surface area contributed by atoms with E-state index in [1.54, 1.807) is 17.7 Å². The Morgan fingerprint density at radius 3 is 2.88 bits per heavy atom. The van der Waals surface area contributed by atoms with Crippen LogP contribution >= 0.6 is 0 Å².